The number of amides is 2. The van der Waals surface area contributed by atoms with Crippen molar-refractivity contribution in [3.8, 4) is 0 Å². The number of rotatable bonds is 5. The molecule has 2 amide bonds. The van der Waals surface area contributed by atoms with E-state index in [4.69, 9.17) is 5.11 Å². The minimum atomic E-state index is -0.987. The van der Waals surface area contributed by atoms with Crippen molar-refractivity contribution in [2.24, 2.45) is 5.92 Å². The highest BCUT2D eigenvalue weighted by molar-refractivity contribution is 5.82. The van der Waals surface area contributed by atoms with Gasteiger partial charge in [-0.2, -0.15) is 0 Å². The number of hydrogen-bond donors (Lipinski definition) is 2. The third-order valence-electron chi connectivity index (χ3n) is 2.40. The van der Waals surface area contributed by atoms with Crippen molar-refractivity contribution in [2.45, 2.75) is 46.2 Å². The van der Waals surface area contributed by atoms with Crippen LogP contribution in [-0.2, 0) is 4.79 Å². The van der Waals surface area contributed by atoms with Gasteiger partial charge in [0, 0.05) is 13.1 Å². The lowest BCUT2D eigenvalue weighted by Crippen LogP contribution is -2.49. The van der Waals surface area contributed by atoms with E-state index >= 15 is 0 Å². The van der Waals surface area contributed by atoms with Crippen molar-refractivity contribution in [3.05, 3.63) is 0 Å². The molecule has 0 aromatic carbocycles. The Morgan fingerprint density at radius 3 is 2.06 bits per heavy atom. The van der Waals surface area contributed by atoms with Gasteiger partial charge in [-0.15, -0.1) is 0 Å². The van der Waals surface area contributed by atoms with Crippen molar-refractivity contribution in [1.82, 2.24) is 10.2 Å². The number of aliphatic carboxylic acids is 1. The van der Waals surface area contributed by atoms with Crippen LogP contribution in [0.15, 0.2) is 0 Å². The molecule has 0 radical (unpaired) electrons. The second kappa shape index (κ2) is 6.35. The Morgan fingerprint density at radius 2 is 1.75 bits per heavy atom. The molecule has 5 heteroatoms. The van der Waals surface area contributed by atoms with Gasteiger partial charge in [0.1, 0.15) is 6.04 Å². The average molecular weight is 230 g/mol. The molecular weight excluding hydrogens is 208 g/mol. The number of nitrogens with one attached hydrogen (secondary N) is 1. The highest BCUT2D eigenvalue weighted by atomic mass is 16.4. The molecule has 0 aliphatic rings. The molecule has 0 fully saturated rings. The Bertz CT molecular complexity index is 252. The van der Waals surface area contributed by atoms with E-state index < -0.39 is 12.0 Å². The van der Waals surface area contributed by atoms with Crippen LogP contribution in [0.3, 0.4) is 0 Å². The van der Waals surface area contributed by atoms with E-state index in [9.17, 15) is 9.59 Å². The molecule has 0 aliphatic carbocycles. The van der Waals surface area contributed by atoms with Crippen LogP contribution >= 0.6 is 0 Å². The van der Waals surface area contributed by atoms with Gasteiger partial charge in [0.15, 0.2) is 0 Å². The van der Waals surface area contributed by atoms with Gasteiger partial charge in [0.2, 0.25) is 0 Å². The summed E-state index contributed by atoms with van der Waals surface area (Å²) in [6.45, 7) is 7.60. The molecule has 94 valence electrons. The topological polar surface area (TPSA) is 69.6 Å². The van der Waals surface area contributed by atoms with Gasteiger partial charge < -0.3 is 15.3 Å². The Hall–Kier alpha value is -1.26. The molecule has 0 aliphatic heterocycles. The lowest BCUT2D eigenvalue weighted by molar-refractivity contribution is -0.139. The first kappa shape index (κ1) is 14.7. The summed E-state index contributed by atoms with van der Waals surface area (Å²) in [5.74, 6) is -0.759. The first-order valence-corrected chi connectivity index (χ1v) is 5.51. The lowest BCUT2D eigenvalue weighted by atomic mass is 10.0. The largest absolute Gasteiger partial charge is 0.480 e. The van der Waals surface area contributed by atoms with Crippen molar-refractivity contribution < 1.29 is 14.7 Å². The summed E-state index contributed by atoms with van der Waals surface area (Å²) < 4.78 is 0. The van der Waals surface area contributed by atoms with Gasteiger partial charge in [0.05, 0.1) is 0 Å². The summed E-state index contributed by atoms with van der Waals surface area (Å²) in [6.07, 6.45) is 0.438. The Kier molecular flexibility index (Phi) is 5.85. The highest BCUT2D eigenvalue weighted by Crippen LogP contribution is 2.06. The smallest absolute Gasteiger partial charge is 0.326 e. The van der Waals surface area contributed by atoms with Gasteiger partial charge >= 0.3 is 12.0 Å². The van der Waals surface area contributed by atoms with E-state index in [1.54, 1.807) is 7.05 Å². The fourth-order valence-electron chi connectivity index (χ4n) is 1.18. The quantitative estimate of drug-likeness (QED) is 0.752. The highest BCUT2D eigenvalue weighted by Gasteiger charge is 2.23. The van der Waals surface area contributed by atoms with Crippen molar-refractivity contribution in [1.29, 1.82) is 0 Å². The molecule has 0 saturated heterocycles. The van der Waals surface area contributed by atoms with E-state index in [0.717, 1.165) is 0 Å². The number of carbonyl (C=O) groups is 2. The summed E-state index contributed by atoms with van der Waals surface area (Å²) in [5.41, 5.74) is 0. The number of nitrogens with zero attached hydrogens (tertiary/aromatic N) is 1. The number of carboxylic acid groups (broad SMARTS) is 1. The van der Waals surface area contributed by atoms with Crippen molar-refractivity contribution >= 4 is 12.0 Å². The minimum Gasteiger partial charge on any atom is -0.480 e. The maximum Gasteiger partial charge on any atom is 0.326 e. The fourth-order valence-corrected chi connectivity index (χ4v) is 1.18. The van der Waals surface area contributed by atoms with Crippen LogP contribution in [0, 0.1) is 5.92 Å². The monoisotopic (exact) mass is 230 g/mol. The van der Waals surface area contributed by atoms with E-state index in [1.165, 1.54) is 4.90 Å². The molecule has 0 rings (SSSR count). The second-order valence-electron chi connectivity index (χ2n) is 4.67. The minimum absolute atomic E-state index is 0.0495. The van der Waals surface area contributed by atoms with Crippen molar-refractivity contribution in [3.63, 3.8) is 0 Å². The normalized spacial score (nSPS) is 12.7. The Labute approximate surface area is 96.8 Å². The summed E-state index contributed by atoms with van der Waals surface area (Å²) in [7, 11) is 1.65. The van der Waals surface area contributed by atoms with Crippen molar-refractivity contribution in [2.75, 3.05) is 7.05 Å². The molecular formula is C11H22N2O3. The zero-order chi connectivity index (χ0) is 12.9. The summed E-state index contributed by atoms with van der Waals surface area (Å²) in [5, 5.41) is 11.5. The van der Waals surface area contributed by atoms with Crippen LogP contribution in [0.25, 0.3) is 0 Å². The van der Waals surface area contributed by atoms with Gasteiger partial charge in [0.25, 0.3) is 0 Å². The standard InChI is InChI=1S/C11H22N2O3/c1-7(2)6-9(10(14)15)12-11(16)13(5)8(3)4/h7-9H,6H2,1-5H3,(H,12,16)(H,14,15)/t9-/m0/s1. The van der Waals surface area contributed by atoms with Crippen LogP contribution in [0.5, 0.6) is 0 Å². The zero-order valence-corrected chi connectivity index (χ0v) is 10.7. The lowest BCUT2D eigenvalue weighted by Gasteiger charge is -2.25. The number of carboxylic acids is 1. The van der Waals surface area contributed by atoms with E-state index in [1.807, 2.05) is 27.7 Å². The molecule has 0 saturated carbocycles. The summed E-state index contributed by atoms with van der Waals surface area (Å²) in [6, 6.07) is -1.11. The van der Waals surface area contributed by atoms with Crippen LogP contribution in [0.4, 0.5) is 4.79 Å². The SMILES string of the molecule is CC(C)C[C@H](NC(=O)N(C)C(C)C)C(=O)O. The van der Waals surface area contributed by atoms with E-state index in [0.29, 0.717) is 6.42 Å². The van der Waals surface area contributed by atoms with Crippen LogP contribution in [0.2, 0.25) is 0 Å². The first-order valence-electron chi connectivity index (χ1n) is 5.51. The second-order valence-corrected chi connectivity index (χ2v) is 4.67. The third kappa shape index (κ3) is 5.00. The number of urea groups is 1. The van der Waals surface area contributed by atoms with Gasteiger partial charge in [-0.1, -0.05) is 13.8 Å². The summed E-state index contributed by atoms with van der Waals surface area (Å²) >= 11 is 0. The molecule has 1 atom stereocenters. The van der Waals surface area contributed by atoms with E-state index in [-0.39, 0.29) is 18.0 Å². The van der Waals surface area contributed by atoms with Gasteiger partial charge in [-0.25, -0.2) is 9.59 Å². The Balaban J connectivity index is 4.40. The number of hydrogen-bond acceptors (Lipinski definition) is 2. The maximum atomic E-state index is 11.6. The first-order chi connectivity index (χ1) is 7.25. The van der Waals surface area contributed by atoms with E-state index in [2.05, 4.69) is 5.32 Å². The molecule has 0 bridgehead atoms. The molecule has 0 spiro atoms. The third-order valence-corrected chi connectivity index (χ3v) is 2.40. The predicted molar refractivity (Wildman–Crippen MR) is 62.3 cm³/mol. The van der Waals surface area contributed by atoms with Gasteiger partial charge in [-0.3, -0.25) is 0 Å². The zero-order valence-electron chi connectivity index (χ0n) is 10.7. The molecule has 16 heavy (non-hydrogen) atoms. The van der Waals surface area contributed by atoms with Gasteiger partial charge in [-0.05, 0) is 26.2 Å². The molecule has 0 heterocycles. The molecule has 0 unspecified atom stereocenters. The molecule has 5 nitrogen and oxygen atoms in total. The average Bonchev–Trinajstić information content (AvgIpc) is 2.14. The maximum absolute atomic E-state index is 11.6. The molecule has 0 aromatic rings. The predicted octanol–water partition coefficient (Wildman–Crippen LogP) is 1.54. The number of carbonyl (C=O) groups excluding carboxylic acids is 1. The fraction of sp³-hybridized carbons (Fsp3) is 0.818. The summed E-state index contributed by atoms with van der Waals surface area (Å²) in [4.78, 5) is 24.0. The molecule has 0 aromatic heterocycles. The molecule has 2 N–H and O–H groups in total. The van der Waals surface area contributed by atoms with Crippen LogP contribution in [-0.4, -0.2) is 41.1 Å². The van der Waals surface area contributed by atoms with Crippen LogP contribution < -0.4 is 5.32 Å². The van der Waals surface area contributed by atoms with Crippen LogP contribution in [0.1, 0.15) is 34.1 Å². The Morgan fingerprint density at radius 1 is 1.25 bits per heavy atom.